The smallest absolute Gasteiger partial charge is 0.0540 e. The Kier molecular flexibility index (Phi) is 8.56. The molecule has 11 aromatic carbocycles. The largest absolute Gasteiger partial charge is 0.310 e. The van der Waals surface area contributed by atoms with E-state index in [4.69, 9.17) is 0 Å². The third kappa shape index (κ3) is 6.40. The molecule has 11 aromatic rings. The molecule has 0 fully saturated rings. The minimum Gasteiger partial charge on any atom is -0.310 e. The Balaban J connectivity index is 1.06. The zero-order chi connectivity index (χ0) is 39.1. The van der Waals surface area contributed by atoms with Crippen LogP contribution in [0.3, 0.4) is 0 Å². The maximum Gasteiger partial charge on any atom is 0.0540 e. The van der Waals surface area contributed by atoms with Crippen LogP contribution in [0.2, 0.25) is 0 Å². The highest BCUT2D eigenvalue weighted by atomic mass is 15.1. The lowest BCUT2D eigenvalue weighted by atomic mass is 9.93. The van der Waals surface area contributed by atoms with Crippen molar-refractivity contribution in [3.05, 3.63) is 237 Å². The first-order valence-electron chi connectivity index (χ1n) is 20.3. The van der Waals surface area contributed by atoms with Crippen molar-refractivity contribution in [1.29, 1.82) is 0 Å². The van der Waals surface area contributed by atoms with Crippen molar-refractivity contribution >= 4 is 60.2 Å². The molecular weight excluding hydrogens is 711 g/mol. The van der Waals surface area contributed by atoms with Crippen LogP contribution in [0.1, 0.15) is 0 Å². The van der Waals surface area contributed by atoms with E-state index in [0.29, 0.717) is 0 Å². The summed E-state index contributed by atoms with van der Waals surface area (Å²) in [6, 6.07) is 86.3. The predicted octanol–water partition coefficient (Wildman–Crippen LogP) is 16.4. The fraction of sp³-hybridized carbons (Fsp3) is 0. The lowest BCUT2D eigenvalue weighted by molar-refractivity contribution is 1.28. The first-order chi connectivity index (χ1) is 29.2. The average molecular weight is 750 g/mol. The van der Waals surface area contributed by atoms with Crippen molar-refractivity contribution in [1.82, 2.24) is 0 Å². The van der Waals surface area contributed by atoms with E-state index < -0.39 is 0 Å². The molecule has 0 saturated heterocycles. The van der Waals surface area contributed by atoms with Crippen molar-refractivity contribution < 1.29 is 0 Å². The highest BCUT2D eigenvalue weighted by Gasteiger charge is 2.20. The third-order valence-corrected chi connectivity index (χ3v) is 11.8. The van der Waals surface area contributed by atoms with Gasteiger partial charge in [0.1, 0.15) is 0 Å². The van der Waals surface area contributed by atoms with E-state index >= 15 is 0 Å². The first-order valence-corrected chi connectivity index (χ1v) is 20.3. The molecule has 0 radical (unpaired) electrons. The molecule has 59 heavy (non-hydrogen) atoms. The van der Waals surface area contributed by atoms with Crippen LogP contribution < -0.4 is 4.90 Å². The Labute approximate surface area is 344 Å². The van der Waals surface area contributed by atoms with Crippen LogP contribution in [0, 0.1) is 0 Å². The zero-order valence-corrected chi connectivity index (χ0v) is 32.5. The summed E-state index contributed by atoms with van der Waals surface area (Å²) in [5.74, 6) is 0. The van der Waals surface area contributed by atoms with Gasteiger partial charge in [0, 0.05) is 16.9 Å². The fourth-order valence-corrected chi connectivity index (χ4v) is 8.82. The van der Waals surface area contributed by atoms with Gasteiger partial charge in [0.05, 0.1) is 5.69 Å². The number of anilines is 3. The lowest BCUT2D eigenvalue weighted by Crippen LogP contribution is -2.11. The highest BCUT2D eigenvalue weighted by molar-refractivity contribution is 6.17. The van der Waals surface area contributed by atoms with Crippen LogP contribution in [0.25, 0.3) is 87.6 Å². The Bertz CT molecular complexity index is 3310. The van der Waals surface area contributed by atoms with E-state index in [0.717, 1.165) is 22.6 Å². The molecule has 0 amide bonds. The number of hydrogen-bond donors (Lipinski definition) is 0. The summed E-state index contributed by atoms with van der Waals surface area (Å²) in [6.45, 7) is 0. The van der Waals surface area contributed by atoms with Crippen molar-refractivity contribution in [3.63, 3.8) is 0 Å². The summed E-state index contributed by atoms with van der Waals surface area (Å²) in [5.41, 5.74) is 12.8. The Morgan fingerprint density at radius 2 is 0.712 bits per heavy atom. The number of nitrogens with zero attached hydrogens (tertiary/aromatic N) is 1. The third-order valence-electron chi connectivity index (χ3n) is 11.8. The van der Waals surface area contributed by atoms with Gasteiger partial charge < -0.3 is 4.90 Å². The molecular formula is C58H39N. The second-order valence-corrected chi connectivity index (χ2v) is 15.3. The van der Waals surface area contributed by atoms with Gasteiger partial charge in [0.15, 0.2) is 0 Å². The number of rotatable bonds is 7. The van der Waals surface area contributed by atoms with Crippen LogP contribution in [0.4, 0.5) is 17.1 Å². The van der Waals surface area contributed by atoms with E-state index in [-0.39, 0.29) is 0 Å². The topological polar surface area (TPSA) is 3.24 Å². The molecule has 0 aliphatic heterocycles. The van der Waals surface area contributed by atoms with Gasteiger partial charge in [0.2, 0.25) is 0 Å². The molecule has 0 bridgehead atoms. The minimum absolute atomic E-state index is 1.09. The van der Waals surface area contributed by atoms with Crippen molar-refractivity contribution in [3.8, 4) is 44.5 Å². The van der Waals surface area contributed by atoms with Gasteiger partial charge in [-0.3, -0.25) is 0 Å². The Morgan fingerprint density at radius 3 is 1.51 bits per heavy atom. The maximum atomic E-state index is 2.42. The van der Waals surface area contributed by atoms with Crippen LogP contribution in [0.5, 0.6) is 0 Å². The van der Waals surface area contributed by atoms with Crippen molar-refractivity contribution in [2.75, 3.05) is 4.90 Å². The van der Waals surface area contributed by atoms with Gasteiger partial charge in [-0.1, -0.05) is 188 Å². The van der Waals surface area contributed by atoms with Gasteiger partial charge in [-0.05, 0) is 131 Å². The first kappa shape index (κ1) is 34.5. The lowest BCUT2D eigenvalue weighted by Gasteiger charge is -2.29. The molecule has 1 heteroatoms. The van der Waals surface area contributed by atoms with Gasteiger partial charge in [-0.2, -0.15) is 0 Å². The summed E-state index contributed by atoms with van der Waals surface area (Å²) in [6.07, 6.45) is 0. The second-order valence-electron chi connectivity index (χ2n) is 15.3. The monoisotopic (exact) mass is 749 g/mol. The predicted molar refractivity (Wildman–Crippen MR) is 253 cm³/mol. The van der Waals surface area contributed by atoms with Gasteiger partial charge >= 0.3 is 0 Å². The molecule has 11 rings (SSSR count). The van der Waals surface area contributed by atoms with Gasteiger partial charge in [0.25, 0.3) is 0 Å². The zero-order valence-electron chi connectivity index (χ0n) is 32.5. The summed E-state index contributed by atoms with van der Waals surface area (Å²) < 4.78 is 0. The van der Waals surface area contributed by atoms with Crippen LogP contribution in [-0.4, -0.2) is 0 Å². The van der Waals surface area contributed by atoms with Crippen molar-refractivity contribution in [2.24, 2.45) is 0 Å². The highest BCUT2D eigenvalue weighted by Crippen LogP contribution is 2.44. The van der Waals surface area contributed by atoms with E-state index in [9.17, 15) is 0 Å². The van der Waals surface area contributed by atoms with E-state index in [1.165, 1.54) is 82.0 Å². The minimum atomic E-state index is 1.09. The molecule has 0 atom stereocenters. The number of hydrogen-bond acceptors (Lipinski definition) is 1. The molecule has 0 unspecified atom stereocenters. The summed E-state index contributed by atoms with van der Waals surface area (Å²) >= 11 is 0. The van der Waals surface area contributed by atoms with Crippen LogP contribution in [-0.2, 0) is 0 Å². The molecule has 0 heterocycles. The molecule has 0 spiro atoms. The summed E-state index contributed by atoms with van der Waals surface area (Å²) in [5, 5.41) is 10.1. The van der Waals surface area contributed by atoms with Crippen LogP contribution >= 0.6 is 0 Å². The summed E-state index contributed by atoms with van der Waals surface area (Å²) in [7, 11) is 0. The quantitative estimate of drug-likeness (QED) is 0.147. The van der Waals surface area contributed by atoms with Gasteiger partial charge in [-0.15, -0.1) is 0 Å². The molecule has 0 saturated carbocycles. The maximum absolute atomic E-state index is 2.42. The molecule has 276 valence electrons. The van der Waals surface area contributed by atoms with E-state index in [2.05, 4.69) is 241 Å². The van der Waals surface area contributed by atoms with E-state index in [1.807, 2.05) is 0 Å². The van der Waals surface area contributed by atoms with Gasteiger partial charge in [-0.25, -0.2) is 0 Å². The SMILES string of the molecule is c1ccc(-c2cccc(N(c3ccc(-c4ccc5ccccc5c4)cc3)c3ccc(-c4ccc5c(ccc6c7ccccc7ccc56)c4)cc3-c3ccccc3)c2)cc1. The Hall–Kier alpha value is -7.74. The molecule has 0 aliphatic rings. The molecule has 0 N–H and O–H groups in total. The normalized spacial score (nSPS) is 11.4. The number of fused-ring (bicyclic) bond motifs is 6. The Morgan fingerprint density at radius 1 is 0.220 bits per heavy atom. The molecule has 0 aromatic heterocycles. The van der Waals surface area contributed by atoms with Crippen LogP contribution in [0.15, 0.2) is 237 Å². The molecule has 1 nitrogen and oxygen atoms in total. The van der Waals surface area contributed by atoms with E-state index in [1.54, 1.807) is 0 Å². The number of benzene rings is 11. The summed E-state index contributed by atoms with van der Waals surface area (Å²) in [4.78, 5) is 2.42. The second kappa shape index (κ2) is 14.6. The van der Waals surface area contributed by atoms with Crippen molar-refractivity contribution in [2.45, 2.75) is 0 Å². The molecule has 0 aliphatic carbocycles. The average Bonchev–Trinajstić information content (AvgIpc) is 3.32. The standard InChI is InChI=1S/C58H39N/c1-3-12-40(13-4-1)46-19-11-20-52(38-46)59(51-30-24-42(25-31-51)47-23-22-41-14-7-8-18-45(41)36-47)58-35-29-49(39-57(58)43-15-5-2-6-16-43)48-27-32-54-50(37-48)28-34-55-53-21-10-9-17-44(53)26-33-56(54)55/h1-39H. The fourth-order valence-electron chi connectivity index (χ4n) is 8.82.